The van der Waals surface area contributed by atoms with Crippen LogP contribution < -0.4 is 10.6 Å². The van der Waals surface area contributed by atoms with Crippen molar-refractivity contribution in [3.63, 3.8) is 0 Å². The maximum atomic E-state index is 4.54. The highest BCUT2D eigenvalue weighted by Crippen LogP contribution is 2.03. The predicted octanol–water partition coefficient (Wildman–Crippen LogP) is 1.77. The molecule has 0 aliphatic carbocycles. The van der Waals surface area contributed by atoms with Crippen LogP contribution in [0, 0.1) is 0 Å². The number of aliphatic imine (C=N–C) groups is 1. The number of nitrogens with one attached hydrogen (secondary N) is 2. The zero-order valence-corrected chi connectivity index (χ0v) is 15.4. The molecule has 0 spiro atoms. The third-order valence-electron chi connectivity index (χ3n) is 2.71. The first-order valence-corrected chi connectivity index (χ1v) is 8.04. The molecular weight excluding hydrogens is 399 g/mol. The number of hydrogen-bond acceptors (Lipinski definition) is 4. The van der Waals surface area contributed by atoms with Gasteiger partial charge in [-0.25, -0.2) is 4.99 Å². The van der Waals surface area contributed by atoms with Crippen molar-refractivity contribution in [3.8, 4) is 0 Å². The molecule has 2 N–H and O–H groups in total. The Hall–Kier alpha value is -1.03. The fraction of sp³-hybridized carbons (Fsp3) is 0.462. The molecule has 0 amide bonds. The summed E-state index contributed by atoms with van der Waals surface area (Å²) in [4.78, 5) is 4.54. The van der Waals surface area contributed by atoms with Gasteiger partial charge in [-0.2, -0.15) is 11.8 Å². The molecule has 0 atom stereocenters. The lowest BCUT2D eigenvalue weighted by molar-refractivity contribution is 0.818. The van der Waals surface area contributed by atoms with Crippen molar-refractivity contribution < 1.29 is 0 Å². The van der Waals surface area contributed by atoms with E-state index in [1.54, 1.807) is 0 Å². The summed E-state index contributed by atoms with van der Waals surface area (Å²) in [5.74, 6) is 2.70. The highest BCUT2D eigenvalue weighted by atomic mass is 127. The fourth-order valence-electron chi connectivity index (χ4n) is 1.76. The summed E-state index contributed by atoms with van der Waals surface area (Å²) in [7, 11) is 0. The molecule has 0 aliphatic heterocycles. The number of hydrogen-bond donors (Lipinski definition) is 2. The van der Waals surface area contributed by atoms with E-state index in [1.165, 1.54) is 0 Å². The summed E-state index contributed by atoms with van der Waals surface area (Å²) < 4.78 is 1.95. The third-order valence-corrected chi connectivity index (χ3v) is 3.32. The van der Waals surface area contributed by atoms with Crippen LogP contribution >= 0.6 is 35.7 Å². The molecule has 0 aromatic carbocycles. The van der Waals surface area contributed by atoms with Gasteiger partial charge in [-0.3, -0.25) is 4.40 Å². The van der Waals surface area contributed by atoms with Crippen molar-refractivity contribution in [2.24, 2.45) is 4.99 Å². The first kappa shape index (κ1) is 18.0. The third kappa shape index (κ3) is 5.34. The zero-order valence-electron chi connectivity index (χ0n) is 12.2. The van der Waals surface area contributed by atoms with Crippen LogP contribution in [-0.2, 0) is 6.54 Å². The first-order valence-electron chi connectivity index (χ1n) is 6.65. The summed E-state index contributed by atoms with van der Waals surface area (Å²) >= 11 is 1.81. The number of guanidine groups is 1. The van der Waals surface area contributed by atoms with E-state index in [1.807, 2.05) is 40.6 Å². The largest absolute Gasteiger partial charge is 0.357 e. The number of fused-ring (bicyclic) bond motifs is 1. The van der Waals surface area contributed by atoms with Crippen molar-refractivity contribution in [2.75, 3.05) is 25.1 Å². The van der Waals surface area contributed by atoms with E-state index >= 15 is 0 Å². The Morgan fingerprint density at radius 3 is 2.95 bits per heavy atom. The van der Waals surface area contributed by atoms with Gasteiger partial charge in [-0.15, -0.1) is 34.2 Å². The van der Waals surface area contributed by atoms with Gasteiger partial charge in [0.2, 0.25) is 0 Å². The Labute approximate surface area is 146 Å². The number of rotatable bonds is 6. The van der Waals surface area contributed by atoms with E-state index in [0.717, 1.165) is 36.3 Å². The molecule has 2 aromatic heterocycles. The van der Waals surface area contributed by atoms with Crippen LogP contribution in [0.25, 0.3) is 5.65 Å². The van der Waals surface area contributed by atoms with E-state index in [9.17, 15) is 0 Å². The van der Waals surface area contributed by atoms with Crippen molar-refractivity contribution >= 4 is 47.3 Å². The molecule has 0 radical (unpaired) electrons. The van der Waals surface area contributed by atoms with Gasteiger partial charge in [0.25, 0.3) is 0 Å². The Morgan fingerprint density at radius 2 is 2.19 bits per heavy atom. The SMILES string of the molecule is CCNC(=NCc1nnc2ccccn12)NCCSC.I. The summed E-state index contributed by atoms with van der Waals surface area (Å²) in [5, 5.41) is 14.8. The van der Waals surface area contributed by atoms with E-state index < -0.39 is 0 Å². The van der Waals surface area contributed by atoms with E-state index in [4.69, 9.17) is 0 Å². The summed E-state index contributed by atoms with van der Waals surface area (Å²) in [5.41, 5.74) is 0.845. The second kappa shape index (κ2) is 9.82. The van der Waals surface area contributed by atoms with Gasteiger partial charge in [-0.05, 0) is 25.3 Å². The molecule has 116 valence electrons. The Kier molecular flexibility index (Phi) is 8.43. The monoisotopic (exact) mass is 420 g/mol. The Balaban J connectivity index is 0.00000220. The van der Waals surface area contributed by atoms with Crippen LogP contribution in [0.2, 0.25) is 0 Å². The van der Waals surface area contributed by atoms with Gasteiger partial charge in [0.05, 0.1) is 0 Å². The molecular formula is C13H21IN6S. The van der Waals surface area contributed by atoms with Crippen LogP contribution in [0.4, 0.5) is 0 Å². The highest BCUT2D eigenvalue weighted by Gasteiger charge is 2.04. The molecule has 2 heterocycles. The van der Waals surface area contributed by atoms with Gasteiger partial charge < -0.3 is 10.6 Å². The van der Waals surface area contributed by atoms with Crippen LogP contribution in [-0.4, -0.2) is 45.7 Å². The Morgan fingerprint density at radius 1 is 1.33 bits per heavy atom. The minimum absolute atomic E-state index is 0. The van der Waals surface area contributed by atoms with Gasteiger partial charge in [0.15, 0.2) is 17.4 Å². The molecule has 6 nitrogen and oxygen atoms in total. The normalized spacial score (nSPS) is 11.2. The molecule has 0 saturated heterocycles. The molecule has 0 aliphatic rings. The molecule has 2 aromatic rings. The lowest BCUT2D eigenvalue weighted by atomic mass is 10.4. The van der Waals surface area contributed by atoms with Gasteiger partial charge in [0.1, 0.15) is 6.54 Å². The highest BCUT2D eigenvalue weighted by molar-refractivity contribution is 14.0. The summed E-state index contributed by atoms with van der Waals surface area (Å²) in [6, 6.07) is 5.85. The molecule has 0 fully saturated rings. The number of nitrogens with zero attached hydrogens (tertiary/aromatic N) is 4. The number of thioether (sulfide) groups is 1. The van der Waals surface area contributed by atoms with Gasteiger partial charge in [-0.1, -0.05) is 6.07 Å². The van der Waals surface area contributed by atoms with E-state index in [0.29, 0.717) is 6.54 Å². The maximum absolute atomic E-state index is 4.54. The lowest BCUT2D eigenvalue weighted by Gasteiger charge is -2.10. The van der Waals surface area contributed by atoms with Crippen molar-refractivity contribution in [3.05, 3.63) is 30.2 Å². The summed E-state index contributed by atoms with van der Waals surface area (Å²) in [6.07, 6.45) is 4.04. The van der Waals surface area contributed by atoms with Gasteiger partial charge >= 0.3 is 0 Å². The molecule has 0 unspecified atom stereocenters. The molecule has 0 saturated carbocycles. The second-order valence-electron chi connectivity index (χ2n) is 4.16. The summed E-state index contributed by atoms with van der Waals surface area (Å²) in [6.45, 7) is 4.29. The van der Waals surface area contributed by atoms with E-state index in [-0.39, 0.29) is 24.0 Å². The van der Waals surface area contributed by atoms with Crippen LogP contribution in [0.15, 0.2) is 29.4 Å². The molecule has 21 heavy (non-hydrogen) atoms. The topological polar surface area (TPSA) is 66.6 Å². The maximum Gasteiger partial charge on any atom is 0.191 e. The molecule has 0 bridgehead atoms. The quantitative estimate of drug-likeness (QED) is 0.323. The number of halogens is 1. The average Bonchev–Trinajstić information content (AvgIpc) is 2.88. The van der Waals surface area contributed by atoms with Crippen LogP contribution in [0.5, 0.6) is 0 Å². The zero-order chi connectivity index (χ0) is 14.2. The number of pyridine rings is 1. The van der Waals surface area contributed by atoms with Crippen LogP contribution in [0.1, 0.15) is 12.7 Å². The van der Waals surface area contributed by atoms with Gasteiger partial charge in [0, 0.05) is 25.0 Å². The first-order chi connectivity index (χ1) is 9.85. The second-order valence-corrected chi connectivity index (χ2v) is 5.15. The molecule has 8 heteroatoms. The minimum atomic E-state index is 0. The van der Waals surface area contributed by atoms with Crippen molar-refractivity contribution in [1.29, 1.82) is 0 Å². The smallest absolute Gasteiger partial charge is 0.191 e. The minimum Gasteiger partial charge on any atom is -0.357 e. The molecule has 2 rings (SSSR count). The fourth-order valence-corrected chi connectivity index (χ4v) is 2.07. The van der Waals surface area contributed by atoms with Crippen molar-refractivity contribution in [1.82, 2.24) is 25.2 Å². The lowest BCUT2D eigenvalue weighted by Crippen LogP contribution is -2.38. The van der Waals surface area contributed by atoms with Crippen molar-refractivity contribution in [2.45, 2.75) is 13.5 Å². The Bertz CT molecular complexity index is 571. The van der Waals surface area contributed by atoms with Crippen LogP contribution in [0.3, 0.4) is 0 Å². The number of aromatic nitrogens is 3. The van der Waals surface area contributed by atoms with E-state index in [2.05, 4.69) is 39.0 Å². The average molecular weight is 420 g/mol. The predicted molar refractivity (Wildman–Crippen MR) is 99.6 cm³/mol. The standard InChI is InChI=1S/C13H20N6S.HI/c1-3-14-13(15-7-9-20-2)16-10-12-18-17-11-6-4-5-8-19(11)12;/h4-6,8H,3,7,9-10H2,1-2H3,(H2,14,15,16);1H.